The first kappa shape index (κ1) is 14.8. The lowest BCUT2D eigenvalue weighted by Crippen LogP contribution is -2.04. The minimum absolute atomic E-state index is 0.493. The van der Waals surface area contributed by atoms with Gasteiger partial charge >= 0.3 is 6.18 Å². The number of alkyl halides is 3. The van der Waals surface area contributed by atoms with Crippen LogP contribution in [-0.2, 0) is 6.18 Å². The number of nitrogens with one attached hydrogen (secondary N) is 1. The van der Waals surface area contributed by atoms with Gasteiger partial charge in [0.25, 0.3) is 0 Å². The van der Waals surface area contributed by atoms with Crippen LogP contribution < -0.4 is 5.43 Å². The third kappa shape index (κ3) is 4.80. The molecule has 0 radical (unpaired) electrons. The van der Waals surface area contributed by atoms with Gasteiger partial charge in [-0.2, -0.15) is 18.3 Å². The molecule has 0 bridgehead atoms. The summed E-state index contributed by atoms with van der Waals surface area (Å²) in [4.78, 5) is 0. The summed E-state index contributed by atoms with van der Waals surface area (Å²) < 4.78 is 37.1. The molecule has 0 aromatic heterocycles. The number of hydrazone groups is 1. The minimum Gasteiger partial charge on any atom is -0.279 e. The summed E-state index contributed by atoms with van der Waals surface area (Å²) in [6.07, 6.45) is 0.829. The van der Waals surface area contributed by atoms with Crippen LogP contribution in [0.4, 0.5) is 18.9 Å². The zero-order valence-corrected chi connectivity index (χ0v) is 11.0. The van der Waals surface area contributed by atoms with Crippen molar-refractivity contribution in [3.05, 3.63) is 71.8 Å². The largest absolute Gasteiger partial charge is 0.416 e. The number of hydrogen-bond donors (Lipinski definition) is 1. The zero-order chi connectivity index (χ0) is 15.1. The Bertz CT molecular complexity index is 614. The average molecular weight is 290 g/mol. The monoisotopic (exact) mass is 290 g/mol. The van der Waals surface area contributed by atoms with E-state index >= 15 is 0 Å². The fourth-order valence-electron chi connectivity index (χ4n) is 1.61. The van der Waals surface area contributed by atoms with Gasteiger partial charge < -0.3 is 0 Å². The van der Waals surface area contributed by atoms with Crippen molar-refractivity contribution in [2.24, 2.45) is 5.10 Å². The lowest BCUT2D eigenvalue weighted by Gasteiger charge is -2.06. The second-order valence-electron chi connectivity index (χ2n) is 4.23. The van der Waals surface area contributed by atoms with Crippen molar-refractivity contribution >= 4 is 18.0 Å². The molecule has 108 valence electrons. The molecule has 0 fully saturated rings. The second-order valence-corrected chi connectivity index (χ2v) is 4.23. The predicted octanol–water partition coefficient (Wildman–Crippen LogP) is 4.82. The molecule has 0 aliphatic carbocycles. The molecule has 0 amide bonds. The molecule has 0 atom stereocenters. The van der Waals surface area contributed by atoms with Crippen LogP contribution in [0.25, 0.3) is 6.08 Å². The van der Waals surface area contributed by atoms with Crippen LogP contribution in [0.5, 0.6) is 0 Å². The molecule has 1 N–H and O–H groups in total. The zero-order valence-electron chi connectivity index (χ0n) is 11.0. The van der Waals surface area contributed by atoms with Crippen LogP contribution in [0.15, 0.2) is 65.8 Å². The number of nitrogens with zero attached hydrogens (tertiary/aromatic N) is 1. The Labute approximate surface area is 120 Å². The van der Waals surface area contributed by atoms with Gasteiger partial charge in [0.05, 0.1) is 11.3 Å². The summed E-state index contributed by atoms with van der Waals surface area (Å²) in [6.45, 7) is 0. The molecule has 0 aliphatic heterocycles. The molecule has 5 heteroatoms. The van der Waals surface area contributed by atoms with E-state index in [1.165, 1.54) is 18.3 Å². The van der Waals surface area contributed by atoms with Crippen LogP contribution in [0.2, 0.25) is 0 Å². The summed E-state index contributed by atoms with van der Waals surface area (Å²) in [6, 6.07) is 14.4. The second kappa shape index (κ2) is 6.74. The number of hydrogen-bond acceptors (Lipinski definition) is 2. The topological polar surface area (TPSA) is 24.4 Å². The highest BCUT2D eigenvalue weighted by molar-refractivity contribution is 5.78. The molecular formula is C16H13F3N2. The van der Waals surface area contributed by atoms with E-state index in [0.717, 1.165) is 17.7 Å². The quantitative estimate of drug-likeness (QED) is 0.634. The molecule has 2 nitrogen and oxygen atoms in total. The van der Waals surface area contributed by atoms with E-state index in [-0.39, 0.29) is 0 Å². The van der Waals surface area contributed by atoms with E-state index in [1.807, 2.05) is 36.4 Å². The fraction of sp³-hybridized carbons (Fsp3) is 0.0625. The Morgan fingerprint density at radius 2 is 1.57 bits per heavy atom. The Morgan fingerprint density at radius 3 is 2.19 bits per heavy atom. The highest BCUT2D eigenvalue weighted by Gasteiger charge is 2.29. The highest BCUT2D eigenvalue weighted by Crippen LogP contribution is 2.29. The van der Waals surface area contributed by atoms with E-state index in [0.29, 0.717) is 5.69 Å². The molecule has 0 saturated carbocycles. The van der Waals surface area contributed by atoms with E-state index in [4.69, 9.17) is 0 Å². The summed E-state index contributed by atoms with van der Waals surface area (Å²) in [5, 5.41) is 3.91. The standard InChI is InChI=1S/C16H13F3N2/c17-16(18,19)14-8-10-15(11-9-14)21-20-12-4-7-13-5-2-1-3-6-13/h1-12,21H/b7-4+,20-12?. The van der Waals surface area contributed by atoms with Gasteiger partial charge in [-0.15, -0.1) is 0 Å². The maximum Gasteiger partial charge on any atom is 0.416 e. The number of anilines is 1. The Balaban J connectivity index is 1.88. The van der Waals surface area contributed by atoms with Crippen molar-refractivity contribution in [2.45, 2.75) is 6.18 Å². The smallest absolute Gasteiger partial charge is 0.279 e. The third-order valence-electron chi connectivity index (χ3n) is 2.65. The van der Waals surface area contributed by atoms with Crippen LogP contribution in [-0.4, -0.2) is 6.21 Å². The van der Waals surface area contributed by atoms with Gasteiger partial charge in [0, 0.05) is 6.21 Å². The van der Waals surface area contributed by atoms with Crippen molar-refractivity contribution in [3.8, 4) is 0 Å². The third-order valence-corrected chi connectivity index (χ3v) is 2.65. The molecule has 0 saturated heterocycles. The van der Waals surface area contributed by atoms with E-state index < -0.39 is 11.7 Å². The summed E-state index contributed by atoms with van der Waals surface area (Å²) in [5.41, 5.74) is 3.51. The van der Waals surface area contributed by atoms with Gasteiger partial charge in [-0.05, 0) is 35.9 Å². The number of allylic oxidation sites excluding steroid dienone is 1. The van der Waals surface area contributed by atoms with Gasteiger partial charge in [-0.3, -0.25) is 5.43 Å². The fourth-order valence-corrected chi connectivity index (χ4v) is 1.61. The summed E-state index contributed by atoms with van der Waals surface area (Å²) in [5.74, 6) is 0. The minimum atomic E-state index is -4.32. The first-order chi connectivity index (χ1) is 10.1. The molecule has 2 aromatic carbocycles. The summed E-state index contributed by atoms with van der Waals surface area (Å²) in [7, 11) is 0. The van der Waals surface area contributed by atoms with Crippen molar-refractivity contribution in [1.82, 2.24) is 0 Å². The van der Waals surface area contributed by atoms with E-state index in [9.17, 15) is 13.2 Å². The molecule has 0 heterocycles. The summed E-state index contributed by atoms with van der Waals surface area (Å²) >= 11 is 0. The van der Waals surface area contributed by atoms with Crippen LogP contribution >= 0.6 is 0 Å². The van der Waals surface area contributed by atoms with Gasteiger partial charge in [-0.1, -0.05) is 36.4 Å². The Morgan fingerprint density at radius 1 is 0.905 bits per heavy atom. The SMILES string of the molecule is FC(F)(F)c1ccc(NN=C/C=C/c2ccccc2)cc1. The first-order valence-corrected chi connectivity index (χ1v) is 6.24. The molecule has 2 aromatic rings. The van der Waals surface area contributed by atoms with Crippen molar-refractivity contribution in [2.75, 3.05) is 5.43 Å². The normalized spacial score (nSPS) is 12.1. The van der Waals surface area contributed by atoms with Crippen LogP contribution in [0.1, 0.15) is 11.1 Å². The lowest BCUT2D eigenvalue weighted by molar-refractivity contribution is -0.137. The van der Waals surface area contributed by atoms with Crippen LogP contribution in [0.3, 0.4) is 0 Å². The maximum atomic E-state index is 12.4. The van der Waals surface area contributed by atoms with Gasteiger partial charge in [0.15, 0.2) is 0 Å². The number of rotatable bonds is 4. The van der Waals surface area contributed by atoms with Gasteiger partial charge in [-0.25, -0.2) is 0 Å². The van der Waals surface area contributed by atoms with Crippen LogP contribution in [0, 0.1) is 0 Å². The molecular weight excluding hydrogens is 277 g/mol. The van der Waals surface area contributed by atoms with Crippen molar-refractivity contribution < 1.29 is 13.2 Å². The number of benzene rings is 2. The molecule has 2 rings (SSSR count). The maximum absolute atomic E-state index is 12.4. The van der Waals surface area contributed by atoms with Crippen molar-refractivity contribution in [1.29, 1.82) is 0 Å². The Kier molecular flexibility index (Phi) is 4.77. The molecule has 0 spiro atoms. The molecule has 21 heavy (non-hydrogen) atoms. The highest BCUT2D eigenvalue weighted by atomic mass is 19.4. The van der Waals surface area contributed by atoms with Gasteiger partial charge in [0.1, 0.15) is 0 Å². The van der Waals surface area contributed by atoms with E-state index in [2.05, 4.69) is 10.5 Å². The average Bonchev–Trinajstić information content (AvgIpc) is 2.47. The predicted molar refractivity (Wildman–Crippen MR) is 79.0 cm³/mol. The lowest BCUT2D eigenvalue weighted by atomic mass is 10.2. The first-order valence-electron chi connectivity index (χ1n) is 6.24. The number of halogens is 3. The molecule has 0 aliphatic rings. The Hall–Kier alpha value is -2.56. The van der Waals surface area contributed by atoms with E-state index in [1.54, 1.807) is 6.08 Å². The van der Waals surface area contributed by atoms with Crippen molar-refractivity contribution in [3.63, 3.8) is 0 Å². The molecule has 0 unspecified atom stereocenters. The van der Waals surface area contributed by atoms with Gasteiger partial charge in [0.2, 0.25) is 0 Å².